The molecule has 9 nitrogen and oxygen atoms in total. The Kier molecular flexibility index (Phi) is 63.7. The molecule has 0 spiro atoms. The molecule has 2 atom stereocenters. The van der Waals surface area contributed by atoms with Crippen LogP contribution >= 0.6 is 7.82 Å². The van der Waals surface area contributed by atoms with E-state index in [0.717, 1.165) is 38.5 Å². The molecule has 0 aliphatic heterocycles. The summed E-state index contributed by atoms with van der Waals surface area (Å²) in [5.74, 6) is -0.768. The molecule has 0 aliphatic rings. The zero-order valence-electron chi connectivity index (χ0n) is 56.0. The summed E-state index contributed by atoms with van der Waals surface area (Å²) >= 11 is 0. The Bertz CT molecular complexity index is 1340. The second-order valence-electron chi connectivity index (χ2n) is 26.7. The molecule has 0 amide bonds. The molecule has 82 heavy (non-hydrogen) atoms. The van der Waals surface area contributed by atoms with Crippen LogP contribution in [0.2, 0.25) is 0 Å². The van der Waals surface area contributed by atoms with Crippen LogP contribution in [0.15, 0.2) is 0 Å². The van der Waals surface area contributed by atoms with Crippen LogP contribution in [0, 0.1) is 0 Å². The highest BCUT2D eigenvalue weighted by atomic mass is 31.2. The molecule has 0 saturated carbocycles. The van der Waals surface area contributed by atoms with Gasteiger partial charge in [0.2, 0.25) is 0 Å². The van der Waals surface area contributed by atoms with Gasteiger partial charge in [0.05, 0.1) is 27.7 Å². The molecule has 490 valence electrons. The zero-order valence-corrected chi connectivity index (χ0v) is 56.9. The highest BCUT2D eigenvalue weighted by Gasteiger charge is 2.27. The molecular formula is C72H145NO8P+. The van der Waals surface area contributed by atoms with Crippen molar-refractivity contribution < 1.29 is 42.1 Å². The fourth-order valence-corrected chi connectivity index (χ4v) is 12.2. The van der Waals surface area contributed by atoms with Crippen LogP contribution in [0.3, 0.4) is 0 Å². The third-order valence-corrected chi connectivity index (χ3v) is 18.1. The maximum absolute atomic E-state index is 12.9. The van der Waals surface area contributed by atoms with E-state index in [1.54, 1.807) is 0 Å². The van der Waals surface area contributed by atoms with E-state index in [4.69, 9.17) is 18.5 Å². The lowest BCUT2D eigenvalue weighted by atomic mass is 10.0. The number of carbonyl (C=O) groups is 2. The summed E-state index contributed by atoms with van der Waals surface area (Å²) < 4.78 is 34.7. The van der Waals surface area contributed by atoms with Gasteiger partial charge in [0, 0.05) is 12.8 Å². The number of esters is 2. The number of hydrogen-bond acceptors (Lipinski definition) is 7. The Morgan fingerprint density at radius 3 is 0.780 bits per heavy atom. The molecule has 0 aliphatic carbocycles. The Labute approximate surface area is 512 Å². The molecule has 0 radical (unpaired) electrons. The van der Waals surface area contributed by atoms with Crippen molar-refractivity contribution in [2.45, 2.75) is 405 Å². The molecule has 10 heteroatoms. The molecule has 0 heterocycles. The van der Waals surface area contributed by atoms with Gasteiger partial charge in [0.15, 0.2) is 6.10 Å². The van der Waals surface area contributed by atoms with Crippen molar-refractivity contribution >= 4 is 19.8 Å². The maximum atomic E-state index is 12.9. The van der Waals surface area contributed by atoms with Gasteiger partial charge in [0.1, 0.15) is 19.8 Å². The standard InChI is InChI=1S/C72H144NO8P/c1-6-8-10-12-14-16-18-20-22-24-26-27-28-29-30-31-32-33-34-35-36-37-38-39-40-41-42-43-44-45-47-49-51-53-55-57-59-61-63-65-72(75)81-70(69-80-82(76,77)79-67-66-73(3,4)5)68-78-71(74)64-62-60-58-56-54-52-50-48-46-25-23-21-19-17-15-13-11-9-7-2/h70H,6-69H2,1-5H3/p+1. The minimum absolute atomic E-state index is 0.0376. The Morgan fingerprint density at radius 2 is 0.549 bits per heavy atom. The van der Waals surface area contributed by atoms with Crippen molar-refractivity contribution in [1.82, 2.24) is 0 Å². The van der Waals surface area contributed by atoms with E-state index in [1.165, 1.54) is 334 Å². The van der Waals surface area contributed by atoms with Gasteiger partial charge in [-0.15, -0.1) is 0 Å². The Balaban J connectivity index is 3.85. The van der Waals surface area contributed by atoms with Crippen molar-refractivity contribution in [3.8, 4) is 0 Å². The van der Waals surface area contributed by atoms with Crippen LogP contribution in [-0.4, -0.2) is 74.9 Å². The fraction of sp³-hybridized carbons (Fsp3) is 0.972. The van der Waals surface area contributed by atoms with Crippen LogP contribution in [0.25, 0.3) is 0 Å². The smallest absolute Gasteiger partial charge is 0.462 e. The maximum Gasteiger partial charge on any atom is 0.472 e. The number of carbonyl (C=O) groups excluding carboxylic acids is 2. The number of rotatable bonds is 70. The highest BCUT2D eigenvalue weighted by Crippen LogP contribution is 2.43. The number of unbranched alkanes of at least 4 members (excludes halogenated alkanes) is 56. The summed E-state index contributed by atoms with van der Waals surface area (Å²) in [6.45, 7) is 4.53. The van der Waals surface area contributed by atoms with Gasteiger partial charge in [-0.05, 0) is 12.8 Å². The first-order valence-corrected chi connectivity index (χ1v) is 38.3. The van der Waals surface area contributed by atoms with Crippen molar-refractivity contribution in [3.63, 3.8) is 0 Å². The summed E-state index contributed by atoms with van der Waals surface area (Å²) in [6.07, 6.45) is 78.1. The largest absolute Gasteiger partial charge is 0.472 e. The summed E-state index contributed by atoms with van der Waals surface area (Å²) in [6, 6.07) is 0. The van der Waals surface area contributed by atoms with Crippen molar-refractivity contribution in [1.29, 1.82) is 0 Å². The van der Waals surface area contributed by atoms with Crippen LogP contribution in [0.1, 0.15) is 399 Å². The lowest BCUT2D eigenvalue weighted by Gasteiger charge is -2.24. The SMILES string of the molecule is CCCCCCCCCCCCCCCCCCCCCCCCCCCCCCCCCCCCCCCCCC(=O)OC(COC(=O)CCCCCCCCCCCCCCCCCCCCC)COP(=O)(O)OCC[N+](C)(C)C. The Morgan fingerprint density at radius 1 is 0.329 bits per heavy atom. The predicted molar refractivity (Wildman–Crippen MR) is 354 cm³/mol. The summed E-state index contributed by atoms with van der Waals surface area (Å²) in [4.78, 5) is 35.8. The number of quaternary nitrogens is 1. The first-order valence-electron chi connectivity index (χ1n) is 36.8. The minimum atomic E-state index is -4.38. The van der Waals surface area contributed by atoms with Gasteiger partial charge >= 0.3 is 19.8 Å². The van der Waals surface area contributed by atoms with Gasteiger partial charge in [-0.1, -0.05) is 373 Å². The lowest BCUT2D eigenvalue weighted by Crippen LogP contribution is -2.37. The molecule has 0 bridgehead atoms. The van der Waals surface area contributed by atoms with Crippen LogP contribution < -0.4 is 0 Å². The van der Waals surface area contributed by atoms with Gasteiger partial charge in [-0.25, -0.2) is 4.57 Å². The van der Waals surface area contributed by atoms with E-state index < -0.39 is 26.5 Å². The number of ether oxygens (including phenoxy) is 2. The second kappa shape index (κ2) is 64.5. The van der Waals surface area contributed by atoms with Gasteiger partial charge < -0.3 is 18.9 Å². The third-order valence-electron chi connectivity index (χ3n) is 17.1. The van der Waals surface area contributed by atoms with Crippen LogP contribution in [0.4, 0.5) is 0 Å². The quantitative estimate of drug-likeness (QED) is 0.0278. The minimum Gasteiger partial charge on any atom is -0.462 e. The average molecular weight is 1180 g/mol. The molecular weight excluding hydrogens is 1040 g/mol. The molecule has 0 fully saturated rings. The number of phosphoric ester groups is 1. The number of hydrogen-bond donors (Lipinski definition) is 1. The van der Waals surface area contributed by atoms with Crippen molar-refractivity contribution in [3.05, 3.63) is 0 Å². The number of phosphoric acid groups is 1. The first-order chi connectivity index (χ1) is 40.0. The predicted octanol–water partition coefficient (Wildman–Crippen LogP) is 23.7. The average Bonchev–Trinajstić information content (AvgIpc) is 3.46. The number of likely N-dealkylation sites (N-methyl/N-ethyl adjacent to an activating group) is 1. The van der Waals surface area contributed by atoms with Gasteiger partial charge in [-0.3, -0.25) is 18.6 Å². The van der Waals surface area contributed by atoms with Crippen molar-refractivity contribution in [2.24, 2.45) is 0 Å². The van der Waals surface area contributed by atoms with Crippen molar-refractivity contribution in [2.75, 3.05) is 47.5 Å². The molecule has 0 aromatic carbocycles. The molecule has 1 N–H and O–H groups in total. The van der Waals surface area contributed by atoms with E-state index in [2.05, 4.69) is 13.8 Å². The van der Waals surface area contributed by atoms with Gasteiger partial charge in [-0.2, -0.15) is 0 Å². The summed E-state index contributed by atoms with van der Waals surface area (Å²) in [5.41, 5.74) is 0. The number of nitrogens with zero attached hydrogens (tertiary/aromatic N) is 1. The normalized spacial score (nSPS) is 13.0. The van der Waals surface area contributed by atoms with E-state index >= 15 is 0 Å². The Hall–Kier alpha value is -0.990. The van der Waals surface area contributed by atoms with Crippen LogP contribution in [-0.2, 0) is 32.7 Å². The third kappa shape index (κ3) is 68.1. The van der Waals surface area contributed by atoms with E-state index in [-0.39, 0.29) is 25.6 Å². The molecule has 2 unspecified atom stereocenters. The fourth-order valence-electron chi connectivity index (χ4n) is 11.5. The monoisotopic (exact) mass is 1180 g/mol. The van der Waals surface area contributed by atoms with E-state index in [1.807, 2.05) is 21.1 Å². The van der Waals surface area contributed by atoms with Gasteiger partial charge in [0.25, 0.3) is 0 Å². The topological polar surface area (TPSA) is 108 Å². The molecule has 0 saturated heterocycles. The summed E-state index contributed by atoms with van der Waals surface area (Å²) in [7, 11) is 1.51. The molecule has 0 rings (SSSR count). The molecule has 0 aromatic heterocycles. The van der Waals surface area contributed by atoms with Crippen LogP contribution in [0.5, 0.6) is 0 Å². The molecule has 0 aromatic rings. The van der Waals surface area contributed by atoms with E-state index in [9.17, 15) is 19.0 Å². The lowest BCUT2D eigenvalue weighted by molar-refractivity contribution is -0.870. The summed E-state index contributed by atoms with van der Waals surface area (Å²) in [5, 5.41) is 0. The highest BCUT2D eigenvalue weighted by molar-refractivity contribution is 7.47. The second-order valence-corrected chi connectivity index (χ2v) is 28.2. The van der Waals surface area contributed by atoms with E-state index in [0.29, 0.717) is 17.4 Å². The zero-order chi connectivity index (χ0) is 59.8. The first kappa shape index (κ1) is 81.0.